The van der Waals surface area contributed by atoms with Crippen LogP contribution in [0.15, 0.2) is 54.6 Å². The molecule has 1 amide bonds. The van der Waals surface area contributed by atoms with Gasteiger partial charge >= 0.3 is 6.18 Å². The van der Waals surface area contributed by atoms with Crippen LogP contribution in [0.4, 0.5) is 18.3 Å². The van der Waals surface area contributed by atoms with Crippen molar-refractivity contribution in [2.24, 2.45) is 0 Å². The SMILES string of the molecule is CCCN(C(=O)COc1ccccc1)c1nnc(-c2ccc(C(F)(F)F)cc2)s1. The number of carbonyl (C=O) groups is 1. The van der Waals surface area contributed by atoms with Crippen LogP contribution in [0, 0.1) is 0 Å². The molecule has 1 aromatic heterocycles. The molecule has 0 fully saturated rings. The molecule has 0 radical (unpaired) electrons. The molecule has 0 aliphatic carbocycles. The highest BCUT2D eigenvalue weighted by Crippen LogP contribution is 2.33. The molecule has 0 aliphatic rings. The number of nitrogens with zero attached hydrogens (tertiary/aromatic N) is 3. The molecule has 0 unspecified atom stereocenters. The van der Waals surface area contributed by atoms with Gasteiger partial charge in [0.05, 0.1) is 5.56 Å². The molecule has 3 aromatic rings. The van der Waals surface area contributed by atoms with E-state index in [1.54, 1.807) is 12.1 Å². The maximum absolute atomic E-state index is 12.7. The summed E-state index contributed by atoms with van der Waals surface area (Å²) < 4.78 is 43.7. The van der Waals surface area contributed by atoms with Gasteiger partial charge in [0.2, 0.25) is 5.13 Å². The van der Waals surface area contributed by atoms with Gasteiger partial charge in [-0.3, -0.25) is 9.69 Å². The second-order valence-electron chi connectivity index (χ2n) is 6.11. The number of hydrogen-bond acceptors (Lipinski definition) is 5. The van der Waals surface area contributed by atoms with Crippen LogP contribution >= 0.6 is 11.3 Å². The molecule has 2 aromatic carbocycles. The summed E-state index contributed by atoms with van der Waals surface area (Å²) in [6.45, 7) is 2.20. The first-order valence-corrected chi connectivity index (χ1v) is 9.69. The zero-order chi connectivity index (χ0) is 20.9. The van der Waals surface area contributed by atoms with Gasteiger partial charge in [0.25, 0.3) is 5.91 Å². The third kappa shape index (κ3) is 5.32. The minimum absolute atomic E-state index is 0.154. The van der Waals surface area contributed by atoms with E-state index in [1.807, 2.05) is 25.1 Å². The van der Waals surface area contributed by atoms with E-state index in [0.717, 1.165) is 23.5 Å². The molecule has 9 heteroatoms. The van der Waals surface area contributed by atoms with E-state index >= 15 is 0 Å². The minimum Gasteiger partial charge on any atom is -0.484 e. The van der Waals surface area contributed by atoms with Gasteiger partial charge in [-0.1, -0.05) is 48.6 Å². The first-order chi connectivity index (χ1) is 13.9. The Bertz CT molecular complexity index is 944. The zero-order valence-electron chi connectivity index (χ0n) is 15.5. The number of alkyl halides is 3. The molecule has 5 nitrogen and oxygen atoms in total. The van der Waals surface area contributed by atoms with Crippen LogP contribution in [0.25, 0.3) is 10.6 Å². The average molecular weight is 421 g/mol. The number of hydrogen-bond donors (Lipinski definition) is 0. The van der Waals surface area contributed by atoms with Crippen molar-refractivity contribution in [3.63, 3.8) is 0 Å². The predicted molar refractivity (Wildman–Crippen MR) is 105 cm³/mol. The first-order valence-electron chi connectivity index (χ1n) is 8.88. The van der Waals surface area contributed by atoms with Crippen molar-refractivity contribution in [3.8, 4) is 16.3 Å². The second kappa shape index (κ2) is 9.04. The summed E-state index contributed by atoms with van der Waals surface area (Å²) in [4.78, 5) is 14.1. The summed E-state index contributed by atoms with van der Waals surface area (Å²) >= 11 is 1.14. The second-order valence-corrected chi connectivity index (χ2v) is 7.07. The molecular formula is C20H18F3N3O2S. The van der Waals surface area contributed by atoms with Crippen LogP contribution in [-0.2, 0) is 11.0 Å². The number of ether oxygens (including phenoxy) is 1. The highest BCUT2D eigenvalue weighted by Gasteiger charge is 2.30. The van der Waals surface area contributed by atoms with Crippen molar-refractivity contribution in [1.82, 2.24) is 10.2 Å². The summed E-state index contributed by atoms with van der Waals surface area (Å²) in [6.07, 6.45) is -3.69. The van der Waals surface area contributed by atoms with E-state index in [4.69, 9.17) is 4.74 Å². The Kier molecular flexibility index (Phi) is 6.48. The number of halogens is 3. The third-order valence-electron chi connectivity index (χ3n) is 3.96. The predicted octanol–water partition coefficient (Wildman–Crippen LogP) is 5.05. The van der Waals surface area contributed by atoms with E-state index in [9.17, 15) is 18.0 Å². The van der Waals surface area contributed by atoms with Crippen LogP contribution in [0.3, 0.4) is 0 Å². The Morgan fingerprint density at radius 3 is 2.38 bits per heavy atom. The lowest BCUT2D eigenvalue weighted by molar-refractivity contribution is -0.137. The van der Waals surface area contributed by atoms with Crippen molar-refractivity contribution in [2.45, 2.75) is 19.5 Å². The Balaban J connectivity index is 1.73. The normalized spacial score (nSPS) is 11.3. The monoisotopic (exact) mass is 421 g/mol. The maximum Gasteiger partial charge on any atom is 0.416 e. The topological polar surface area (TPSA) is 55.3 Å². The number of para-hydroxylation sites is 1. The average Bonchev–Trinajstić information content (AvgIpc) is 3.20. The van der Waals surface area contributed by atoms with Crippen LogP contribution in [-0.4, -0.2) is 29.3 Å². The molecule has 0 aliphatic heterocycles. The fourth-order valence-electron chi connectivity index (χ4n) is 2.53. The van der Waals surface area contributed by atoms with Crippen molar-refractivity contribution in [1.29, 1.82) is 0 Å². The minimum atomic E-state index is -4.39. The van der Waals surface area contributed by atoms with Gasteiger partial charge in [0.15, 0.2) is 6.61 Å². The fraction of sp³-hybridized carbons (Fsp3) is 0.250. The zero-order valence-corrected chi connectivity index (χ0v) is 16.3. The van der Waals surface area contributed by atoms with E-state index in [0.29, 0.717) is 34.4 Å². The summed E-state index contributed by atoms with van der Waals surface area (Å²) in [5.74, 6) is 0.311. The number of aromatic nitrogens is 2. The van der Waals surface area contributed by atoms with Crippen LogP contribution in [0.2, 0.25) is 0 Å². The number of rotatable bonds is 7. The number of carbonyl (C=O) groups excluding carboxylic acids is 1. The van der Waals surface area contributed by atoms with Crippen LogP contribution < -0.4 is 9.64 Å². The van der Waals surface area contributed by atoms with E-state index in [2.05, 4.69) is 10.2 Å². The summed E-state index contributed by atoms with van der Waals surface area (Å²) in [5, 5.41) is 8.90. The molecule has 0 saturated heterocycles. The van der Waals surface area contributed by atoms with E-state index in [1.165, 1.54) is 17.0 Å². The number of benzene rings is 2. The Hall–Kier alpha value is -2.94. The van der Waals surface area contributed by atoms with Crippen molar-refractivity contribution in [2.75, 3.05) is 18.1 Å². The summed E-state index contributed by atoms with van der Waals surface area (Å²) in [5.41, 5.74) is -0.224. The highest BCUT2D eigenvalue weighted by molar-refractivity contribution is 7.18. The quantitative estimate of drug-likeness (QED) is 0.536. The molecule has 3 rings (SSSR count). The highest BCUT2D eigenvalue weighted by atomic mass is 32.1. The van der Waals surface area contributed by atoms with Gasteiger partial charge in [-0.15, -0.1) is 10.2 Å². The molecule has 0 N–H and O–H groups in total. The lowest BCUT2D eigenvalue weighted by atomic mass is 10.1. The van der Waals surface area contributed by atoms with Gasteiger partial charge in [0.1, 0.15) is 10.8 Å². The van der Waals surface area contributed by atoms with E-state index < -0.39 is 11.7 Å². The Morgan fingerprint density at radius 1 is 1.07 bits per heavy atom. The van der Waals surface area contributed by atoms with Crippen molar-refractivity contribution in [3.05, 3.63) is 60.2 Å². The summed E-state index contributed by atoms with van der Waals surface area (Å²) in [6, 6.07) is 13.7. The largest absolute Gasteiger partial charge is 0.484 e. The number of anilines is 1. The Labute approximate surface area is 169 Å². The molecule has 0 spiro atoms. The Morgan fingerprint density at radius 2 is 1.76 bits per heavy atom. The molecule has 152 valence electrons. The molecule has 0 saturated carbocycles. The maximum atomic E-state index is 12.7. The lowest BCUT2D eigenvalue weighted by Crippen LogP contribution is -2.35. The lowest BCUT2D eigenvalue weighted by Gasteiger charge is -2.18. The number of amides is 1. The van der Waals surface area contributed by atoms with Gasteiger partial charge in [-0.2, -0.15) is 13.2 Å². The van der Waals surface area contributed by atoms with Crippen LogP contribution in [0.5, 0.6) is 5.75 Å². The standard InChI is InChI=1S/C20H18F3N3O2S/c1-2-12-26(17(27)13-28-16-6-4-3-5-7-16)19-25-24-18(29-19)14-8-10-15(11-9-14)20(21,22)23/h3-11H,2,12-13H2,1H3. The van der Waals surface area contributed by atoms with Gasteiger partial charge in [-0.05, 0) is 30.7 Å². The van der Waals surface area contributed by atoms with Crippen molar-refractivity contribution < 1.29 is 22.7 Å². The third-order valence-corrected chi connectivity index (χ3v) is 4.95. The molecular weight excluding hydrogens is 403 g/mol. The smallest absolute Gasteiger partial charge is 0.416 e. The molecule has 0 bridgehead atoms. The summed E-state index contributed by atoms with van der Waals surface area (Å²) in [7, 11) is 0. The fourth-order valence-corrected chi connectivity index (χ4v) is 3.43. The molecule has 1 heterocycles. The van der Waals surface area contributed by atoms with Crippen molar-refractivity contribution >= 4 is 22.4 Å². The van der Waals surface area contributed by atoms with Gasteiger partial charge in [0, 0.05) is 12.1 Å². The van der Waals surface area contributed by atoms with Gasteiger partial charge < -0.3 is 4.74 Å². The van der Waals surface area contributed by atoms with E-state index in [-0.39, 0.29) is 12.5 Å². The molecule has 29 heavy (non-hydrogen) atoms. The van der Waals surface area contributed by atoms with Crippen LogP contribution in [0.1, 0.15) is 18.9 Å². The molecule has 0 atom stereocenters. The van der Waals surface area contributed by atoms with Gasteiger partial charge in [-0.25, -0.2) is 0 Å². The first kappa shape index (κ1) is 20.8.